The first-order chi connectivity index (χ1) is 10.7. The number of nitrogens with one attached hydrogen (secondary N) is 2. The van der Waals surface area contributed by atoms with E-state index in [-0.39, 0.29) is 11.9 Å². The Kier molecular flexibility index (Phi) is 4.09. The SMILES string of the molecule is O=C(N[C@H]1CCCCC[C@H]1C(=O)O)c1cccc2cn[nH]c12. The number of hydrogen-bond donors (Lipinski definition) is 3. The molecule has 6 heteroatoms. The van der Waals surface area contributed by atoms with Crippen LogP contribution in [-0.2, 0) is 4.79 Å². The Bertz CT molecular complexity index is 695. The monoisotopic (exact) mass is 301 g/mol. The normalized spacial score (nSPS) is 22.2. The third kappa shape index (κ3) is 2.81. The third-order valence-electron chi connectivity index (χ3n) is 4.37. The minimum atomic E-state index is -0.827. The summed E-state index contributed by atoms with van der Waals surface area (Å²) in [4.78, 5) is 24.0. The highest BCUT2D eigenvalue weighted by Crippen LogP contribution is 2.24. The summed E-state index contributed by atoms with van der Waals surface area (Å²) in [5.41, 5.74) is 1.18. The van der Waals surface area contributed by atoms with Gasteiger partial charge in [-0.1, -0.05) is 31.4 Å². The van der Waals surface area contributed by atoms with Gasteiger partial charge in [-0.05, 0) is 18.9 Å². The maximum atomic E-state index is 12.6. The summed E-state index contributed by atoms with van der Waals surface area (Å²) in [5.74, 6) is -1.58. The van der Waals surface area contributed by atoms with Crippen LogP contribution in [0.2, 0.25) is 0 Å². The molecule has 0 saturated heterocycles. The number of H-pyrrole nitrogens is 1. The van der Waals surface area contributed by atoms with Crippen LogP contribution in [0.5, 0.6) is 0 Å². The standard InChI is InChI=1S/C16H19N3O3/c20-15(12-7-4-5-10-9-17-19-14(10)12)18-13-8-3-1-2-6-11(13)16(21)22/h4-5,7,9,11,13H,1-3,6,8H2,(H,17,19)(H,18,20)(H,21,22)/t11-,13+/m1/s1. The maximum Gasteiger partial charge on any atom is 0.308 e. The second-order valence-corrected chi connectivity index (χ2v) is 5.80. The molecule has 1 aliphatic rings. The summed E-state index contributed by atoms with van der Waals surface area (Å²) >= 11 is 0. The molecule has 0 unspecified atom stereocenters. The fourth-order valence-electron chi connectivity index (χ4n) is 3.18. The van der Waals surface area contributed by atoms with Crippen molar-refractivity contribution in [2.45, 2.75) is 38.1 Å². The molecule has 1 aromatic carbocycles. The molecule has 0 bridgehead atoms. The second-order valence-electron chi connectivity index (χ2n) is 5.80. The van der Waals surface area contributed by atoms with Crippen LogP contribution in [0, 0.1) is 5.92 Å². The summed E-state index contributed by atoms with van der Waals surface area (Å²) in [5, 5.41) is 19.9. The number of amides is 1. The number of nitrogens with zero attached hydrogens (tertiary/aromatic N) is 1. The number of carbonyl (C=O) groups is 2. The van der Waals surface area contributed by atoms with E-state index in [1.165, 1.54) is 0 Å². The van der Waals surface area contributed by atoms with Gasteiger partial charge in [-0.25, -0.2) is 0 Å². The highest BCUT2D eigenvalue weighted by Gasteiger charge is 2.31. The van der Waals surface area contributed by atoms with E-state index in [0.29, 0.717) is 23.9 Å². The summed E-state index contributed by atoms with van der Waals surface area (Å²) < 4.78 is 0. The zero-order valence-electron chi connectivity index (χ0n) is 12.2. The first-order valence-corrected chi connectivity index (χ1v) is 7.62. The number of aromatic nitrogens is 2. The molecular weight excluding hydrogens is 282 g/mol. The molecule has 2 aromatic rings. The predicted octanol–water partition coefficient (Wildman–Crippen LogP) is 2.33. The van der Waals surface area contributed by atoms with Gasteiger partial charge in [-0.3, -0.25) is 14.7 Å². The van der Waals surface area contributed by atoms with E-state index in [1.807, 2.05) is 6.07 Å². The van der Waals surface area contributed by atoms with Gasteiger partial charge >= 0.3 is 5.97 Å². The Labute approximate surface area is 127 Å². The predicted molar refractivity (Wildman–Crippen MR) is 81.6 cm³/mol. The number of benzene rings is 1. The zero-order chi connectivity index (χ0) is 15.5. The molecule has 0 radical (unpaired) electrons. The average molecular weight is 301 g/mol. The van der Waals surface area contributed by atoms with Crippen molar-refractivity contribution in [1.82, 2.24) is 15.5 Å². The second kappa shape index (κ2) is 6.17. The average Bonchev–Trinajstić information content (AvgIpc) is 2.86. The van der Waals surface area contributed by atoms with Crippen LogP contribution in [-0.4, -0.2) is 33.2 Å². The van der Waals surface area contributed by atoms with Crippen LogP contribution in [0.15, 0.2) is 24.4 Å². The van der Waals surface area contributed by atoms with Crippen LogP contribution >= 0.6 is 0 Å². The molecule has 3 N–H and O–H groups in total. The Balaban J connectivity index is 1.83. The number of carboxylic acids is 1. The third-order valence-corrected chi connectivity index (χ3v) is 4.37. The Morgan fingerprint density at radius 1 is 1.23 bits per heavy atom. The quantitative estimate of drug-likeness (QED) is 0.758. The van der Waals surface area contributed by atoms with Crippen molar-refractivity contribution in [2.24, 2.45) is 5.92 Å². The van der Waals surface area contributed by atoms with Crippen LogP contribution in [0.25, 0.3) is 10.9 Å². The van der Waals surface area contributed by atoms with Crippen LogP contribution < -0.4 is 5.32 Å². The summed E-state index contributed by atoms with van der Waals surface area (Å²) in [6, 6.07) is 5.09. The number of carboxylic acid groups (broad SMARTS) is 1. The Morgan fingerprint density at radius 3 is 2.86 bits per heavy atom. The minimum absolute atomic E-state index is 0.243. The fourth-order valence-corrected chi connectivity index (χ4v) is 3.18. The fraction of sp³-hybridized carbons (Fsp3) is 0.438. The smallest absolute Gasteiger partial charge is 0.308 e. The molecule has 0 aliphatic heterocycles. The van der Waals surface area contributed by atoms with Gasteiger partial charge in [0.15, 0.2) is 0 Å². The van der Waals surface area contributed by atoms with Crippen molar-refractivity contribution in [3.63, 3.8) is 0 Å². The molecule has 116 valence electrons. The number of aliphatic carboxylic acids is 1. The lowest BCUT2D eigenvalue weighted by molar-refractivity contribution is -0.142. The summed E-state index contributed by atoms with van der Waals surface area (Å²) in [7, 11) is 0. The van der Waals surface area contributed by atoms with Crippen molar-refractivity contribution in [2.75, 3.05) is 0 Å². The van der Waals surface area contributed by atoms with Crippen LogP contribution in [0.3, 0.4) is 0 Å². The molecule has 1 saturated carbocycles. The van der Waals surface area contributed by atoms with Gasteiger partial charge in [0.25, 0.3) is 5.91 Å². The highest BCUT2D eigenvalue weighted by atomic mass is 16.4. The van der Waals surface area contributed by atoms with Gasteiger partial charge in [-0.15, -0.1) is 0 Å². The van der Waals surface area contributed by atoms with E-state index >= 15 is 0 Å². The van der Waals surface area contributed by atoms with Gasteiger partial charge in [0.05, 0.1) is 23.2 Å². The van der Waals surface area contributed by atoms with Crippen molar-refractivity contribution < 1.29 is 14.7 Å². The summed E-state index contributed by atoms with van der Waals surface area (Å²) in [6.45, 7) is 0. The molecule has 1 aliphatic carbocycles. The molecule has 1 aromatic heterocycles. The minimum Gasteiger partial charge on any atom is -0.481 e. The molecule has 1 heterocycles. The molecule has 6 nitrogen and oxygen atoms in total. The molecule has 0 spiro atoms. The van der Waals surface area contributed by atoms with E-state index < -0.39 is 11.9 Å². The Morgan fingerprint density at radius 2 is 2.05 bits per heavy atom. The lowest BCUT2D eigenvalue weighted by atomic mass is 9.94. The van der Waals surface area contributed by atoms with E-state index in [0.717, 1.165) is 24.6 Å². The number of carbonyl (C=O) groups excluding carboxylic acids is 1. The Hall–Kier alpha value is -2.37. The topological polar surface area (TPSA) is 95.1 Å². The number of para-hydroxylation sites is 1. The van der Waals surface area contributed by atoms with E-state index in [1.54, 1.807) is 18.3 Å². The lowest BCUT2D eigenvalue weighted by Gasteiger charge is -2.23. The van der Waals surface area contributed by atoms with E-state index in [2.05, 4.69) is 15.5 Å². The highest BCUT2D eigenvalue weighted by molar-refractivity contribution is 6.05. The van der Waals surface area contributed by atoms with Crippen molar-refractivity contribution in [1.29, 1.82) is 0 Å². The molecular formula is C16H19N3O3. The maximum absolute atomic E-state index is 12.6. The molecule has 2 atom stereocenters. The molecule has 1 fully saturated rings. The number of fused-ring (bicyclic) bond motifs is 1. The van der Waals surface area contributed by atoms with Crippen molar-refractivity contribution in [3.05, 3.63) is 30.0 Å². The number of hydrogen-bond acceptors (Lipinski definition) is 3. The van der Waals surface area contributed by atoms with Gasteiger partial charge < -0.3 is 10.4 Å². The number of rotatable bonds is 3. The van der Waals surface area contributed by atoms with E-state index in [9.17, 15) is 14.7 Å². The zero-order valence-corrected chi connectivity index (χ0v) is 12.2. The molecule has 3 rings (SSSR count). The van der Waals surface area contributed by atoms with E-state index in [4.69, 9.17) is 0 Å². The van der Waals surface area contributed by atoms with Crippen molar-refractivity contribution >= 4 is 22.8 Å². The van der Waals surface area contributed by atoms with Gasteiger partial charge in [-0.2, -0.15) is 5.10 Å². The molecule has 1 amide bonds. The first-order valence-electron chi connectivity index (χ1n) is 7.62. The lowest BCUT2D eigenvalue weighted by Crippen LogP contribution is -2.42. The van der Waals surface area contributed by atoms with Crippen molar-refractivity contribution in [3.8, 4) is 0 Å². The van der Waals surface area contributed by atoms with Gasteiger partial charge in [0.1, 0.15) is 0 Å². The van der Waals surface area contributed by atoms with Crippen LogP contribution in [0.4, 0.5) is 0 Å². The van der Waals surface area contributed by atoms with Gasteiger partial charge in [0.2, 0.25) is 0 Å². The summed E-state index contributed by atoms with van der Waals surface area (Å²) in [6.07, 6.45) is 5.86. The first kappa shape index (κ1) is 14.6. The molecule has 22 heavy (non-hydrogen) atoms. The number of aromatic amines is 1. The largest absolute Gasteiger partial charge is 0.481 e. The van der Waals surface area contributed by atoms with Crippen LogP contribution in [0.1, 0.15) is 42.5 Å². The van der Waals surface area contributed by atoms with Gasteiger partial charge in [0, 0.05) is 11.4 Å².